The quantitative estimate of drug-likeness (QED) is 0.836. The second-order valence-electron chi connectivity index (χ2n) is 5.58. The predicted octanol–water partition coefficient (Wildman–Crippen LogP) is 4.05. The number of nitrogens with one attached hydrogen (secondary N) is 1. The third-order valence-corrected chi connectivity index (χ3v) is 4.21. The van der Waals surface area contributed by atoms with Crippen LogP contribution in [0.4, 0.5) is 0 Å². The van der Waals surface area contributed by atoms with Crippen LogP contribution in [0.25, 0.3) is 10.8 Å². The normalized spacial score (nSPS) is 17.5. The van der Waals surface area contributed by atoms with Gasteiger partial charge in [-0.15, -0.1) is 0 Å². The molecular formula is C17H22N2. The van der Waals surface area contributed by atoms with Crippen LogP contribution in [0.5, 0.6) is 0 Å². The fourth-order valence-corrected chi connectivity index (χ4v) is 3.08. The summed E-state index contributed by atoms with van der Waals surface area (Å²) < 4.78 is 0. The van der Waals surface area contributed by atoms with E-state index in [0.717, 1.165) is 6.54 Å². The molecule has 1 heterocycles. The molecule has 2 nitrogen and oxygen atoms in total. The van der Waals surface area contributed by atoms with Gasteiger partial charge in [-0.2, -0.15) is 0 Å². The van der Waals surface area contributed by atoms with Crippen LogP contribution in [-0.2, 0) is 6.54 Å². The molecule has 0 amide bonds. The minimum atomic E-state index is 0.708. The molecule has 0 bridgehead atoms. The van der Waals surface area contributed by atoms with Gasteiger partial charge in [-0.25, -0.2) is 0 Å². The van der Waals surface area contributed by atoms with Gasteiger partial charge in [-0.05, 0) is 29.9 Å². The van der Waals surface area contributed by atoms with Gasteiger partial charge in [0.15, 0.2) is 0 Å². The van der Waals surface area contributed by atoms with Gasteiger partial charge in [0.25, 0.3) is 0 Å². The molecule has 100 valence electrons. The molecule has 1 aromatic carbocycles. The van der Waals surface area contributed by atoms with Crippen LogP contribution >= 0.6 is 0 Å². The molecule has 1 aliphatic rings. The highest BCUT2D eigenvalue weighted by Crippen LogP contribution is 2.20. The summed E-state index contributed by atoms with van der Waals surface area (Å²) >= 11 is 0. The van der Waals surface area contributed by atoms with Gasteiger partial charge < -0.3 is 5.32 Å². The summed E-state index contributed by atoms with van der Waals surface area (Å²) in [5.74, 6) is 0. The van der Waals surface area contributed by atoms with Crippen molar-refractivity contribution in [2.45, 2.75) is 51.1 Å². The smallest absolute Gasteiger partial charge is 0.0346 e. The molecule has 2 heteroatoms. The highest BCUT2D eigenvalue weighted by Gasteiger charge is 2.11. The van der Waals surface area contributed by atoms with Gasteiger partial charge in [0.2, 0.25) is 0 Å². The van der Waals surface area contributed by atoms with E-state index in [1.54, 1.807) is 0 Å². The van der Waals surface area contributed by atoms with Crippen molar-refractivity contribution in [3.63, 3.8) is 0 Å². The molecule has 0 unspecified atom stereocenters. The first-order chi connectivity index (χ1) is 9.43. The molecule has 0 saturated heterocycles. The molecular weight excluding hydrogens is 232 g/mol. The van der Waals surface area contributed by atoms with Crippen molar-refractivity contribution in [2.75, 3.05) is 0 Å². The number of nitrogens with zero attached hydrogens (tertiary/aromatic N) is 1. The minimum absolute atomic E-state index is 0.708. The maximum Gasteiger partial charge on any atom is 0.0346 e. The van der Waals surface area contributed by atoms with Crippen molar-refractivity contribution in [1.29, 1.82) is 0 Å². The zero-order valence-corrected chi connectivity index (χ0v) is 11.4. The van der Waals surface area contributed by atoms with E-state index in [1.807, 2.05) is 12.4 Å². The Bertz CT molecular complexity index is 522. The van der Waals surface area contributed by atoms with E-state index in [-0.39, 0.29) is 0 Å². The van der Waals surface area contributed by atoms with Crippen molar-refractivity contribution >= 4 is 10.8 Å². The highest BCUT2D eigenvalue weighted by atomic mass is 14.9. The zero-order valence-electron chi connectivity index (χ0n) is 11.4. The van der Waals surface area contributed by atoms with Crippen molar-refractivity contribution < 1.29 is 0 Å². The molecule has 0 atom stereocenters. The fourth-order valence-electron chi connectivity index (χ4n) is 3.08. The average Bonchev–Trinajstić information content (AvgIpc) is 2.74. The van der Waals surface area contributed by atoms with Gasteiger partial charge in [-0.1, -0.05) is 43.9 Å². The number of hydrogen-bond donors (Lipinski definition) is 1. The molecule has 1 aromatic heterocycles. The highest BCUT2D eigenvalue weighted by molar-refractivity contribution is 5.84. The third-order valence-electron chi connectivity index (χ3n) is 4.21. The van der Waals surface area contributed by atoms with E-state index in [0.29, 0.717) is 6.04 Å². The van der Waals surface area contributed by atoms with Crippen LogP contribution in [-0.4, -0.2) is 11.0 Å². The van der Waals surface area contributed by atoms with Crippen LogP contribution in [0, 0.1) is 0 Å². The van der Waals surface area contributed by atoms with E-state index >= 15 is 0 Å². The molecule has 1 fully saturated rings. The first kappa shape index (κ1) is 12.6. The lowest BCUT2D eigenvalue weighted by atomic mass is 10.0. The minimum Gasteiger partial charge on any atom is -0.310 e. The van der Waals surface area contributed by atoms with E-state index < -0.39 is 0 Å². The molecule has 0 radical (unpaired) electrons. The van der Waals surface area contributed by atoms with E-state index in [2.05, 4.69) is 34.6 Å². The van der Waals surface area contributed by atoms with Gasteiger partial charge in [0, 0.05) is 30.4 Å². The lowest BCUT2D eigenvalue weighted by Gasteiger charge is -2.17. The van der Waals surface area contributed by atoms with Crippen molar-refractivity contribution in [2.24, 2.45) is 0 Å². The van der Waals surface area contributed by atoms with Gasteiger partial charge >= 0.3 is 0 Å². The predicted molar refractivity (Wildman–Crippen MR) is 80.1 cm³/mol. The van der Waals surface area contributed by atoms with E-state index in [1.165, 1.54) is 54.9 Å². The molecule has 19 heavy (non-hydrogen) atoms. The second-order valence-corrected chi connectivity index (χ2v) is 5.58. The summed E-state index contributed by atoms with van der Waals surface area (Å²) in [6.07, 6.45) is 12.1. The molecule has 1 N–H and O–H groups in total. The van der Waals surface area contributed by atoms with Gasteiger partial charge in [0.05, 0.1) is 0 Å². The Morgan fingerprint density at radius 2 is 1.89 bits per heavy atom. The standard InChI is InChI=1S/C17H22N2/c1-2-4-9-16(8-3-1)19-13-15-7-5-6-14-12-18-11-10-17(14)15/h5-7,10-12,16,19H,1-4,8-9,13H2. The van der Waals surface area contributed by atoms with Crippen molar-refractivity contribution in [3.05, 3.63) is 42.2 Å². The lowest BCUT2D eigenvalue weighted by Crippen LogP contribution is -2.27. The Morgan fingerprint density at radius 3 is 2.74 bits per heavy atom. The Balaban J connectivity index is 1.71. The number of benzene rings is 1. The Labute approximate surface area is 115 Å². The molecule has 1 aliphatic carbocycles. The van der Waals surface area contributed by atoms with Crippen molar-refractivity contribution in [3.8, 4) is 0 Å². The summed E-state index contributed by atoms with van der Waals surface area (Å²) in [4.78, 5) is 4.20. The maximum absolute atomic E-state index is 4.20. The number of hydrogen-bond acceptors (Lipinski definition) is 2. The molecule has 0 spiro atoms. The lowest BCUT2D eigenvalue weighted by molar-refractivity contribution is 0.460. The van der Waals surface area contributed by atoms with Crippen LogP contribution in [0.1, 0.15) is 44.1 Å². The molecule has 2 aromatic rings. The maximum atomic E-state index is 4.20. The SMILES string of the molecule is c1cc(CNC2CCCCCC2)c2ccncc2c1. The number of aromatic nitrogens is 1. The molecule has 1 saturated carbocycles. The van der Waals surface area contributed by atoms with E-state index in [4.69, 9.17) is 0 Å². The van der Waals surface area contributed by atoms with Gasteiger partial charge in [0.1, 0.15) is 0 Å². The zero-order chi connectivity index (χ0) is 12.9. The largest absolute Gasteiger partial charge is 0.310 e. The summed E-state index contributed by atoms with van der Waals surface area (Å²) in [6, 6.07) is 9.33. The van der Waals surface area contributed by atoms with Crippen LogP contribution in [0.3, 0.4) is 0 Å². The number of rotatable bonds is 3. The summed E-state index contributed by atoms with van der Waals surface area (Å²) in [5, 5.41) is 6.32. The summed E-state index contributed by atoms with van der Waals surface area (Å²) in [6.45, 7) is 0.978. The first-order valence-corrected chi connectivity index (χ1v) is 7.48. The Morgan fingerprint density at radius 1 is 1.05 bits per heavy atom. The monoisotopic (exact) mass is 254 g/mol. The third kappa shape index (κ3) is 3.13. The van der Waals surface area contributed by atoms with Crippen LogP contribution in [0.2, 0.25) is 0 Å². The van der Waals surface area contributed by atoms with Gasteiger partial charge in [-0.3, -0.25) is 4.98 Å². The molecule has 0 aliphatic heterocycles. The first-order valence-electron chi connectivity index (χ1n) is 7.48. The topological polar surface area (TPSA) is 24.9 Å². The van der Waals surface area contributed by atoms with E-state index in [9.17, 15) is 0 Å². The van der Waals surface area contributed by atoms with Crippen LogP contribution < -0.4 is 5.32 Å². The fraction of sp³-hybridized carbons (Fsp3) is 0.471. The Kier molecular flexibility index (Phi) is 4.09. The average molecular weight is 254 g/mol. The number of pyridine rings is 1. The van der Waals surface area contributed by atoms with Crippen molar-refractivity contribution in [1.82, 2.24) is 10.3 Å². The van der Waals surface area contributed by atoms with Crippen LogP contribution in [0.15, 0.2) is 36.7 Å². The molecule has 3 rings (SSSR count). The Hall–Kier alpha value is -1.41. The summed E-state index contributed by atoms with van der Waals surface area (Å²) in [5.41, 5.74) is 1.39. The number of fused-ring (bicyclic) bond motifs is 1. The second kappa shape index (κ2) is 6.16. The summed E-state index contributed by atoms with van der Waals surface area (Å²) in [7, 11) is 0.